The molecule has 1 aromatic rings. The Hall–Kier alpha value is -2.16. The van der Waals surface area contributed by atoms with Gasteiger partial charge in [0, 0.05) is 0 Å². The second kappa shape index (κ2) is 11.3. The molecule has 0 bridgehead atoms. The lowest BCUT2D eigenvalue weighted by atomic mass is 10.1. The fraction of sp³-hybridized carbons (Fsp3) is 0.200. The van der Waals surface area contributed by atoms with E-state index in [0.717, 1.165) is 0 Å². The largest absolute Gasteiger partial charge is 0.497 e. The van der Waals surface area contributed by atoms with Crippen molar-refractivity contribution >= 4 is 19.7 Å². The molecule has 0 unspecified atom stereocenters. The van der Waals surface area contributed by atoms with Gasteiger partial charge in [0.1, 0.15) is 19.3 Å². The lowest BCUT2D eigenvalue weighted by molar-refractivity contribution is -0.0987. The van der Waals surface area contributed by atoms with Crippen LogP contribution >= 0.6 is 0 Å². The van der Waals surface area contributed by atoms with Crippen LogP contribution in [-0.4, -0.2) is 20.7 Å². The smallest absolute Gasteiger partial charge is 0.111 e. The summed E-state index contributed by atoms with van der Waals surface area (Å²) in [6, 6.07) is 6.36. The number of hydrogen-bond acceptors (Lipinski definition) is 3. The van der Waals surface area contributed by atoms with Gasteiger partial charge in [-0.2, -0.15) is 0 Å². The third-order valence-electron chi connectivity index (χ3n) is 2.14. The maximum atomic E-state index is 8.00. The molecule has 0 saturated heterocycles. The van der Waals surface area contributed by atoms with Gasteiger partial charge in [0.05, 0.1) is 7.11 Å². The van der Waals surface area contributed by atoms with E-state index < -0.39 is 0 Å². The van der Waals surface area contributed by atoms with Crippen LogP contribution in [0.1, 0.15) is 16.7 Å². The van der Waals surface area contributed by atoms with E-state index in [1.165, 1.54) is 16.7 Å². The number of ether oxygens (including phenoxy) is 1. The minimum absolute atomic E-state index is 0.671. The Balaban J connectivity index is 0. The molecule has 3 nitrogen and oxygen atoms in total. The van der Waals surface area contributed by atoms with Crippen molar-refractivity contribution < 1.29 is 14.3 Å². The summed E-state index contributed by atoms with van der Waals surface area (Å²) in [7, 11) is 1.62. The molecular formula is C15H20O3. The van der Waals surface area contributed by atoms with E-state index in [-0.39, 0.29) is 0 Å². The fourth-order valence-corrected chi connectivity index (χ4v) is 1.26. The average Bonchev–Trinajstić information content (AvgIpc) is 2.42. The highest BCUT2D eigenvalue weighted by atomic mass is 16.5. The normalized spacial score (nSPS) is 8.61. The monoisotopic (exact) mass is 248 g/mol. The summed E-state index contributed by atoms with van der Waals surface area (Å²) >= 11 is 0. The molecule has 0 amide bonds. The Labute approximate surface area is 109 Å². The molecule has 0 radical (unpaired) electrons. The van der Waals surface area contributed by atoms with Crippen LogP contribution in [-0.2, 0) is 14.3 Å². The standard InChI is InChI=1S/C13H16O.2CH2O/c1-10-5-7-13(11(2)9-10)8-6-12(3)14-4;2*1-2/h5-9H,3H2,1-2,4H3;2*1H2/b8-6-;;. The molecule has 0 aliphatic heterocycles. The van der Waals surface area contributed by atoms with Crippen LogP contribution in [0.5, 0.6) is 0 Å². The van der Waals surface area contributed by atoms with Gasteiger partial charge in [-0.1, -0.05) is 36.4 Å². The predicted octanol–water partition coefficient (Wildman–Crippen LogP) is 3.11. The van der Waals surface area contributed by atoms with Gasteiger partial charge >= 0.3 is 0 Å². The van der Waals surface area contributed by atoms with Gasteiger partial charge < -0.3 is 14.3 Å². The number of benzene rings is 1. The van der Waals surface area contributed by atoms with Gasteiger partial charge in [-0.05, 0) is 31.1 Å². The summed E-state index contributed by atoms with van der Waals surface area (Å²) < 4.78 is 4.95. The highest BCUT2D eigenvalue weighted by Crippen LogP contribution is 2.12. The van der Waals surface area contributed by atoms with Gasteiger partial charge in [0.15, 0.2) is 0 Å². The molecule has 0 atom stereocenters. The van der Waals surface area contributed by atoms with E-state index in [9.17, 15) is 0 Å². The number of carbonyl (C=O) groups excluding carboxylic acids is 2. The van der Waals surface area contributed by atoms with Crippen molar-refractivity contribution in [3.63, 3.8) is 0 Å². The lowest BCUT2D eigenvalue weighted by Gasteiger charge is -2.02. The number of rotatable bonds is 3. The molecule has 0 saturated carbocycles. The molecule has 0 aromatic heterocycles. The van der Waals surface area contributed by atoms with Crippen LogP contribution in [0.3, 0.4) is 0 Å². The summed E-state index contributed by atoms with van der Waals surface area (Å²) in [6.07, 6.45) is 3.89. The van der Waals surface area contributed by atoms with Crippen LogP contribution in [0, 0.1) is 13.8 Å². The van der Waals surface area contributed by atoms with Gasteiger partial charge in [0.25, 0.3) is 0 Å². The van der Waals surface area contributed by atoms with Crippen molar-refractivity contribution in [1.82, 2.24) is 0 Å². The first kappa shape index (κ1) is 18.2. The molecule has 0 aliphatic rings. The number of methoxy groups -OCH3 is 1. The minimum atomic E-state index is 0.671. The third-order valence-corrected chi connectivity index (χ3v) is 2.14. The van der Waals surface area contributed by atoms with Gasteiger partial charge in [-0.3, -0.25) is 0 Å². The molecular weight excluding hydrogens is 228 g/mol. The van der Waals surface area contributed by atoms with Crippen molar-refractivity contribution in [2.75, 3.05) is 7.11 Å². The number of hydrogen-bond donors (Lipinski definition) is 0. The van der Waals surface area contributed by atoms with Crippen LogP contribution in [0.15, 0.2) is 36.6 Å². The summed E-state index contributed by atoms with van der Waals surface area (Å²) in [5.41, 5.74) is 3.75. The van der Waals surface area contributed by atoms with Crippen LogP contribution in [0.4, 0.5) is 0 Å². The summed E-state index contributed by atoms with van der Waals surface area (Å²) in [5.74, 6) is 0.671. The van der Waals surface area contributed by atoms with Crippen LogP contribution in [0.2, 0.25) is 0 Å². The van der Waals surface area contributed by atoms with E-state index >= 15 is 0 Å². The Morgan fingerprint density at radius 1 is 1.17 bits per heavy atom. The maximum Gasteiger partial charge on any atom is 0.111 e. The predicted molar refractivity (Wildman–Crippen MR) is 75.3 cm³/mol. The first-order valence-corrected chi connectivity index (χ1v) is 5.19. The summed E-state index contributed by atoms with van der Waals surface area (Å²) in [5, 5.41) is 0. The Morgan fingerprint density at radius 3 is 2.17 bits per heavy atom. The second-order valence-corrected chi connectivity index (χ2v) is 3.36. The van der Waals surface area contributed by atoms with Gasteiger partial charge in [-0.25, -0.2) is 0 Å². The number of carbonyl (C=O) groups is 2. The number of allylic oxidation sites excluding steroid dienone is 1. The van der Waals surface area contributed by atoms with E-state index in [1.807, 2.05) is 25.7 Å². The topological polar surface area (TPSA) is 43.4 Å². The Morgan fingerprint density at radius 2 is 1.72 bits per heavy atom. The van der Waals surface area contributed by atoms with E-state index in [4.69, 9.17) is 14.3 Å². The molecule has 18 heavy (non-hydrogen) atoms. The highest BCUT2D eigenvalue weighted by Gasteiger charge is 1.93. The zero-order valence-corrected chi connectivity index (χ0v) is 11.2. The lowest BCUT2D eigenvalue weighted by Crippen LogP contribution is -1.83. The van der Waals surface area contributed by atoms with Gasteiger partial charge in [-0.15, -0.1) is 0 Å². The molecule has 0 heterocycles. The molecule has 0 aliphatic carbocycles. The van der Waals surface area contributed by atoms with Crippen molar-refractivity contribution in [3.05, 3.63) is 53.3 Å². The van der Waals surface area contributed by atoms with Crippen molar-refractivity contribution in [2.24, 2.45) is 0 Å². The Bertz CT molecular complexity index is 393. The van der Waals surface area contributed by atoms with Gasteiger partial charge in [0.2, 0.25) is 0 Å². The van der Waals surface area contributed by atoms with Crippen molar-refractivity contribution in [3.8, 4) is 0 Å². The average molecular weight is 248 g/mol. The number of aryl methyl sites for hydroxylation is 2. The third kappa shape index (κ3) is 7.17. The SMILES string of the molecule is C=C(/C=C\c1ccc(C)cc1C)OC.C=O.C=O. The molecule has 0 N–H and O–H groups in total. The fourth-order valence-electron chi connectivity index (χ4n) is 1.26. The highest BCUT2D eigenvalue weighted by molar-refractivity contribution is 5.56. The zero-order chi connectivity index (χ0) is 14.6. The van der Waals surface area contributed by atoms with E-state index in [1.54, 1.807) is 7.11 Å². The first-order valence-electron chi connectivity index (χ1n) is 5.19. The quantitative estimate of drug-likeness (QED) is 0.609. The minimum Gasteiger partial charge on any atom is -0.497 e. The van der Waals surface area contributed by atoms with Crippen LogP contribution in [0.25, 0.3) is 6.08 Å². The van der Waals surface area contributed by atoms with Crippen molar-refractivity contribution in [2.45, 2.75) is 13.8 Å². The molecule has 98 valence electrons. The van der Waals surface area contributed by atoms with Crippen molar-refractivity contribution in [1.29, 1.82) is 0 Å². The summed E-state index contributed by atoms with van der Waals surface area (Å²) in [6.45, 7) is 11.9. The summed E-state index contributed by atoms with van der Waals surface area (Å²) in [4.78, 5) is 16.0. The first-order chi connectivity index (χ1) is 8.63. The van der Waals surface area contributed by atoms with E-state index in [2.05, 4.69) is 38.6 Å². The maximum absolute atomic E-state index is 8.00. The zero-order valence-electron chi connectivity index (χ0n) is 11.2. The molecule has 0 fully saturated rings. The molecule has 3 heteroatoms. The van der Waals surface area contributed by atoms with E-state index in [0.29, 0.717) is 5.76 Å². The Kier molecular flexibility index (Phi) is 11.5. The molecule has 1 aromatic carbocycles. The second-order valence-electron chi connectivity index (χ2n) is 3.36. The molecule has 0 spiro atoms. The van der Waals surface area contributed by atoms with Crippen LogP contribution < -0.4 is 0 Å². The molecule has 1 rings (SSSR count).